The van der Waals surface area contributed by atoms with E-state index >= 15 is 0 Å². The minimum absolute atomic E-state index is 0. The van der Waals surface area contributed by atoms with Crippen molar-refractivity contribution in [3.63, 3.8) is 0 Å². The van der Waals surface area contributed by atoms with Gasteiger partial charge in [0.15, 0.2) is 0 Å². The van der Waals surface area contributed by atoms with Crippen LogP contribution in [0.25, 0.3) is 11.4 Å². The molecule has 30 heavy (non-hydrogen) atoms. The average Bonchev–Trinajstić information content (AvgIpc) is 3.22. The summed E-state index contributed by atoms with van der Waals surface area (Å²) in [4.78, 5) is 17.2. The highest BCUT2D eigenvalue weighted by Crippen LogP contribution is 2.24. The summed E-state index contributed by atoms with van der Waals surface area (Å²) < 4.78 is 10.9. The first-order valence-corrected chi connectivity index (χ1v) is 9.68. The number of rotatable bonds is 8. The zero-order valence-electron chi connectivity index (χ0n) is 17.3. The molecule has 0 aliphatic rings. The minimum atomic E-state index is -0.404. The van der Waals surface area contributed by atoms with E-state index in [1.54, 1.807) is 24.3 Å². The molecule has 3 rings (SSSR count). The van der Waals surface area contributed by atoms with Gasteiger partial charge in [0.2, 0.25) is 11.7 Å². The van der Waals surface area contributed by atoms with Crippen LogP contribution in [0.4, 0.5) is 0 Å². The molecule has 1 amide bonds. The van der Waals surface area contributed by atoms with Crippen LogP contribution in [0.2, 0.25) is 0 Å². The van der Waals surface area contributed by atoms with Gasteiger partial charge in [-0.05, 0) is 42.7 Å². The molecular weight excluding hydrogens is 404 g/mol. The van der Waals surface area contributed by atoms with Crippen LogP contribution in [0.5, 0.6) is 5.75 Å². The maximum atomic E-state index is 12.7. The first kappa shape index (κ1) is 23.4. The molecule has 1 unspecified atom stereocenters. The Morgan fingerprint density at radius 3 is 2.37 bits per heavy atom. The summed E-state index contributed by atoms with van der Waals surface area (Å²) in [5.74, 6) is 1.43. The molecule has 1 heterocycles. The number of ether oxygens (including phenoxy) is 1. The van der Waals surface area contributed by atoms with Crippen molar-refractivity contribution in [1.82, 2.24) is 15.5 Å². The lowest BCUT2D eigenvalue weighted by atomic mass is 10.0. The van der Waals surface area contributed by atoms with Crippen molar-refractivity contribution in [1.29, 1.82) is 0 Å². The largest absolute Gasteiger partial charge is 0.494 e. The lowest BCUT2D eigenvalue weighted by Crippen LogP contribution is -2.32. The van der Waals surface area contributed by atoms with Crippen LogP contribution in [0.15, 0.2) is 53.1 Å². The number of halogens is 1. The summed E-state index contributed by atoms with van der Waals surface area (Å²) in [6, 6.07) is 14.3. The maximum Gasteiger partial charge on any atom is 0.251 e. The van der Waals surface area contributed by atoms with Gasteiger partial charge in [-0.1, -0.05) is 43.3 Å². The van der Waals surface area contributed by atoms with Gasteiger partial charge in [0.25, 0.3) is 5.91 Å². The van der Waals surface area contributed by atoms with E-state index in [0.29, 0.717) is 30.4 Å². The molecule has 0 fully saturated rings. The Morgan fingerprint density at radius 1 is 1.13 bits per heavy atom. The molecule has 3 N–H and O–H groups in total. The minimum Gasteiger partial charge on any atom is -0.494 e. The molecule has 1 atom stereocenters. The van der Waals surface area contributed by atoms with Crippen molar-refractivity contribution in [3.8, 4) is 17.1 Å². The van der Waals surface area contributed by atoms with Crippen LogP contribution in [0.1, 0.15) is 48.6 Å². The quantitative estimate of drug-likeness (QED) is 0.556. The number of aromatic nitrogens is 2. The van der Waals surface area contributed by atoms with Crippen molar-refractivity contribution in [2.75, 3.05) is 6.61 Å². The first-order valence-electron chi connectivity index (χ1n) is 9.68. The van der Waals surface area contributed by atoms with E-state index in [1.807, 2.05) is 45.0 Å². The van der Waals surface area contributed by atoms with E-state index in [2.05, 4.69) is 15.5 Å². The second-order valence-corrected chi connectivity index (χ2v) is 7.01. The molecule has 2 aromatic carbocycles. The summed E-state index contributed by atoms with van der Waals surface area (Å²) in [7, 11) is 0. The smallest absolute Gasteiger partial charge is 0.251 e. The van der Waals surface area contributed by atoms with Crippen molar-refractivity contribution in [3.05, 3.63) is 65.5 Å². The zero-order chi connectivity index (χ0) is 20.8. The molecule has 1 aromatic heterocycles. The van der Waals surface area contributed by atoms with Crippen LogP contribution in [-0.4, -0.2) is 22.7 Å². The Labute approximate surface area is 182 Å². The molecule has 0 aliphatic heterocycles. The van der Waals surface area contributed by atoms with E-state index in [-0.39, 0.29) is 24.2 Å². The molecule has 0 spiro atoms. The number of nitrogens with one attached hydrogen (secondary N) is 1. The third-order valence-corrected chi connectivity index (χ3v) is 4.54. The third kappa shape index (κ3) is 5.58. The number of nitrogens with two attached hydrogens (primary N) is 1. The molecule has 0 saturated heterocycles. The molecule has 3 aromatic rings. The normalized spacial score (nSPS) is 11.6. The van der Waals surface area contributed by atoms with E-state index in [0.717, 1.165) is 16.9 Å². The zero-order valence-corrected chi connectivity index (χ0v) is 18.1. The Balaban J connectivity index is 0.00000320. The Bertz CT molecular complexity index is 940. The van der Waals surface area contributed by atoms with E-state index in [1.165, 1.54) is 0 Å². The summed E-state index contributed by atoms with van der Waals surface area (Å²) in [5, 5.41) is 7.06. The number of nitrogens with zero attached hydrogens (tertiary/aromatic N) is 2. The molecule has 8 heteroatoms. The van der Waals surface area contributed by atoms with Gasteiger partial charge < -0.3 is 20.3 Å². The highest BCUT2D eigenvalue weighted by molar-refractivity contribution is 5.94. The highest BCUT2D eigenvalue weighted by Gasteiger charge is 2.25. The van der Waals surface area contributed by atoms with Crippen molar-refractivity contribution in [2.45, 2.75) is 33.4 Å². The van der Waals surface area contributed by atoms with Gasteiger partial charge in [0.1, 0.15) is 11.8 Å². The maximum absolute atomic E-state index is 12.7. The van der Waals surface area contributed by atoms with Crippen LogP contribution in [-0.2, 0) is 6.54 Å². The molecule has 0 aliphatic carbocycles. The fourth-order valence-corrected chi connectivity index (χ4v) is 2.88. The average molecular weight is 431 g/mol. The Morgan fingerprint density at radius 2 is 1.80 bits per heavy atom. The monoisotopic (exact) mass is 430 g/mol. The van der Waals surface area contributed by atoms with Gasteiger partial charge in [0, 0.05) is 17.7 Å². The number of carbonyl (C=O) groups excluding carboxylic acids is 1. The number of amides is 1. The number of hydrogen-bond acceptors (Lipinski definition) is 6. The SMILES string of the molecule is CCOc1ccc(C(=O)NC(c2nc(-c3ccc(CN)cc3)no2)C(C)C)cc1.Cl. The molecule has 160 valence electrons. The summed E-state index contributed by atoms with van der Waals surface area (Å²) >= 11 is 0. The Kier molecular flexibility index (Phi) is 8.38. The first-order chi connectivity index (χ1) is 14.0. The molecule has 7 nitrogen and oxygen atoms in total. The van der Waals surface area contributed by atoms with Crippen LogP contribution < -0.4 is 15.8 Å². The lowest BCUT2D eigenvalue weighted by Gasteiger charge is -2.18. The van der Waals surface area contributed by atoms with Gasteiger partial charge in [-0.2, -0.15) is 4.98 Å². The predicted molar refractivity (Wildman–Crippen MR) is 118 cm³/mol. The van der Waals surface area contributed by atoms with Crippen LogP contribution in [0.3, 0.4) is 0 Å². The van der Waals surface area contributed by atoms with Crippen LogP contribution >= 0.6 is 12.4 Å². The van der Waals surface area contributed by atoms with Crippen molar-refractivity contribution in [2.24, 2.45) is 11.7 Å². The number of carbonyl (C=O) groups is 1. The topological polar surface area (TPSA) is 103 Å². The van der Waals surface area contributed by atoms with Gasteiger partial charge in [-0.25, -0.2) is 0 Å². The Hall–Kier alpha value is -2.90. The second kappa shape index (κ2) is 10.8. The fraction of sp³-hybridized carbons (Fsp3) is 0.318. The lowest BCUT2D eigenvalue weighted by molar-refractivity contribution is 0.0914. The fourth-order valence-electron chi connectivity index (χ4n) is 2.88. The molecule has 0 radical (unpaired) electrons. The molecular formula is C22H27ClN4O3. The molecule has 0 saturated carbocycles. The number of hydrogen-bond donors (Lipinski definition) is 2. The number of benzene rings is 2. The van der Waals surface area contributed by atoms with Crippen molar-refractivity contribution < 1.29 is 14.1 Å². The predicted octanol–water partition coefficient (Wildman–Crippen LogP) is 4.14. The molecule has 0 bridgehead atoms. The van der Waals surface area contributed by atoms with Gasteiger partial charge in [-0.3, -0.25) is 4.79 Å². The van der Waals surface area contributed by atoms with Gasteiger partial charge in [-0.15, -0.1) is 12.4 Å². The van der Waals surface area contributed by atoms with Gasteiger partial charge in [0.05, 0.1) is 6.61 Å². The standard InChI is InChI=1S/C22H26N4O3.ClH/c1-4-28-18-11-9-17(10-12-18)21(27)24-19(14(2)3)22-25-20(26-29-22)16-7-5-15(13-23)6-8-16;/h5-12,14,19H,4,13,23H2,1-3H3,(H,24,27);1H. The van der Waals surface area contributed by atoms with E-state index in [9.17, 15) is 4.79 Å². The summed E-state index contributed by atoms with van der Waals surface area (Å²) in [6.45, 7) is 6.95. The second-order valence-electron chi connectivity index (χ2n) is 7.01. The van der Waals surface area contributed by atoms with Crippen LogP contribution in [0, 0.1) is 5.92 Å². The van der Waals surface area contributed by atoms with E-state index in [4.69, 9.17) is 15.0 Å². The van der Waals surface area contributed by atoms with Crippen molar-refractivity contribution >= 4 is 18.3 Å². The third-order valence-electron chi connectivity index (χ3n) is 4.54. The van der Waals surface area contributed by atoms with Gasteiger partial charge >= 0.3 is 0 Å². The highest BCUT2D eigenvalue weighted by atomic mass is 35.5. The van der Waals surface area contributed by atoms with E-state index < -0.39 is 6.04 Å². The summed E-state index contributed by atoms with van der Waals surface area (Å²) in [5.41, 5.74) is 8.03. The summed E-state index contributed by atoms with van der Waals surface area (Å²) in [6.07, 6.45) is 0.